The Bertz CT molecular complexity index is 836. The van der Waals surface area contributed by atoms with E-state index in [1.54, 1.807) is 7.05 Å². The lowest BCUT2D eigenvalue weighted by molar-refractivity contribution is 0.461. The number of nitrogens with zero attached hydrogens (tertiary/aromatic N) is 5. The topological polar surface area (TPSA) is 49.9 Å². The van der Waals surface area contributed by atoms with Crippen molar-refractivity contribution in [1.29, 1.82) is 0 Å². The van der Waals surface area contributed by atoms with Crippen molar-refractivity contribution in [3.63, 3.8) is 0 Å². The molecule has 1 N–H and O–H groups in total. The SMILES string of the molecule is CN=C(NCc1cn2ccccc2n1)N(C)Cc1cc(Br)cn1C.I. The number of aliphatic imine (C=N–C) groups is 1. The fourth-order valence-electron chi connectivity index (χ4n) is 2.67. The first kappa shape index (κ1) is 19.8. The smallest absolute Gasteiger partial charge is 0.194 e. The molecule has 3 aromatic heterocycles. The van der Waals surface area contributed by atoms with Crippen LogP contribution in [-0.4, -0.2) is 38.9 Å². The van der Waals surface area contributed by atoms with Gasteiger partial charge < -0.3 is 19.2 Å². The molecular formula is C17H22BrIN6. The molecule has 3 aromatic rings. The molecule has 0 aliphatic carbocycles. The first-order valence-electron chi connectivity index (χ1n) is 7.72. The summed E-state index contributed by atoms with van der Waals surface area (Å²) in [6.07, 6.45) is 6.08. The van der Waals surface area contributed by atoms with Gasteiger partial charge in [-0.25, -0.2) is 4.98 Å². The summed E-state index contributed by atoms with van der Waals surface area (Å²) in [6, 6.07) is 8.10. The van der Waals surface area contributed by atoms with Gasteiger partial charge >= 0.3 is 0 Å². The van der Waals surface area contributed by atoms with E-state index in [-0.39, 0.29) is 24.0 Å². The molecule has 0 saturated carbocycles. The number of hydrogen-bond donors (Lipinski definition) is 1. The quantitative estimate of drug-likeness (QED) is 0.329. The number of pyridine rings is 1. The second-order valence-electron chi connectivity index (χ2n) is 5.72. The molecule has 0 bridgehead atoms. The summed E-state index contributed by atoms with van der Waals surface area (Å²) in [5.74, 6) is 0.837. The molecule has 8 heteroatoms. The van der Waals surface area contributed by atoms with Gasteiger partial charge in [-0.15, -0.1) is 24.0 Å². The van der Waals surface area contributed by atoms with Gasteiger partial charge in [-0.3, -0.25) is 4.99 Å². The number of guanidine groups is 1. The van der Waals surface area contributed by atoms with Crippen molar-refractivity contribution in [1.82, 2.24) is 24.2 Å². The van der Waals surface area contributed by atoms with Gasteiger partial charge in [0.1, 0.15) is 5.65 Å². The fourth-order valence-corrected chi connectivity index (χ4v) is 3.24. The van der Waals surface area contributed by atoms with Crippen LogP contribution in [0.5, 0.6) is 0 Å². The average molecular weight is 517 g/mol. The van der Waals surface area contributed by atoms with Gasteiger partial charge in [0.2, 0.25) is 0 Å². The van der Waals surface area contributed by atoms with Crippen molar-refractivity contribution in [3.05, 3.63) is 58.7 Å². The van der Waals surface area contributed by atoms with Crippen molar-refractivity contribution in [3.8, 4) is 0 Å². The highest BCUT2D eigenvalue weighted by atomic mass is 127. The zero-order valence-corrected chi connectivity index (χ0v) is 18.4. The summed E-state index contributed by atoms with van der Waals surface area (Å²) < 4.78 is 5.21. The summed E-state index contributed by atoms with van der Waals surface area (Å²) in [6.45, 7) is 1.41. The maximum atomic E-state index is 4.60. The zero-order chi connectivity index (χ0) is 17.1. The Hall–Kier alpha value is -1.55. The molecule has 0 fully saturated rings. The van der Waals surface area contributed by atoms with E-state index in [9.17, 15) is 0 Å². The van der Waals surface area contributed by atoms with E-state index in [1.807, 2.05) is 49.1 Å². The second-order valence-corrected chi connectivity index (χ2v) is 6.63. The highest BCUT2D eigenvalue weighted by molar-refractivity contribution is 14.0. The molecule has 0 unspecified atom stereocenters. The van der Waals surface area contributed by atoms with Crippen LogP contribution in [0.25, 0.3) is 5.65 Å². The largest absolute Gasteiger partial charge is 0.352 e. The summed E-state index contributed by atoms with van der Waals surface area (Å²) in [4.78, 5) is 11.1. The van der Waals surface area contributed by atoms with Crippen LogP contribution in [0.15, 0.2) is 52.3 Å². The predicted molar refractivity (Wildman–Crippen MR) is 115 cm³/mol. The van der Waals surface area contributed by atoms with Crippen LogP contribution in [0.1, 0.15) is 11.4 Å². The van der Waals surface area contributed by atoms with Gasteiger partial charge in [0.15, 0.2) is 5.96 Å². The Morgan fingerprint density at radius 1 is 1.36 bits per heavy atom. The monoisotopic (exact) mass is 516 g/mol. The van der Waals surface area contributed by atoms with E-state index < -0.39 is 0 Å². The van der Waals surface area contributed by atoms with Crippen LogP contribution in [0.2, 0.25) is 0 Å². The molecule has 25 heavy (non-hydrogen) atoms. The molecular weight excluding hydrogens is 495 g/mol. The van der Waals surface area contributed by atoms with Crippen LogP contribution < -0.4 is 5.32 Å². The van der Waals surface area contributed by atoms with Crippen LogP contribution in [-0.2, 0) is 20.1 Å². The van der Waals surface area contributed by atoms with Crippen molar-refractivity contribution in [2.45, 2.75) is 13.1 Å². The van der Waals surface area contributed by atoms with Gasteiger partial charge in [-0.05, 0) is 34.1 Å². The normalized spacial score (nSPS) is 11.4. The highest BCUT2D eigenvalue weighted by Crippen LogP contribution is 2.15. The number of fused-ring (bicyclic) bond motifs is 1. The van der Waals surface area contributed by atoms with Crippen LogP contribution in [0.3, 0.4) is 0 Å². The first-order valence-corrected chi connectivity index (χ1v) is 8.51. The third-order valence-corrected chi connectivity index (χ3v) is 4.32. The Morgan fingerprint density at radius 3 is 2.80 bits per heavy atom. The zero-order valence-electron chi connectivity index (χ0n) is 14.5. The number of aryl methyl sites for hydroxylation is 1. The molecule has 0 aliphatic heterocycles. The minimum Gasteiger partial charge on any atom is -0.352 e. The second kappa shape index (κ2) is 8.70. The molecule has 0 spiro atoms. The van der Waals surface area contributed by atoms with Crippen LogP contribution in [0, 0.1) is 0 Å². The maximum Gasteiger partial charge on any atom is 0.194 e. The first-order chi connectivity index (χ1) is 11.6. The Balaban J connectivity index is 0.00000225. The molecule has 0 radical (unpaired) electrons. The van der Waals surface area contributed by atoms with Crippen molar-refractivity contribution >= 4 is 51.5 Å². The molecule has 134 valence electrons. The van der Waals surface area contributed by atoms with Gasteiger partial charge in [0.05, 0.1) is 18.8 Å². The van der Waals surface area contributed by atoms with E-state index in [2.05, 4.69) is 53.0 Å². The number of aromatic nitrogens is 3. The molecule has 0 aliphatic rings. The van der Waals surface area contributed by atoms with Crippen molar-refractivity contribution in [2.24, 2.45) is 12.0 Å². The molecule has 0 atom stereocenters. The lowest BCUT2D eigenvalue weighted by atomic mass is 10.4. The van der Waals surface area contributed by atoms with Gasteiger partial charge in [-0.1, -0.05) is 6.07 Å². The molecule has 0 saturated heterocycles. The van der Waals surface area contributed by atoms with E-state index in [4.69, 9.17) is 0 Å². The van der Waals surface area contributed by atoms with Gasteiger partial charge in [0.25, 0.3) is 0 Å². The van der Waals surface area contributed by atoms with Crippen LogP contribution in [0.4, 0.5) is 0 Å². The number of imidazole rings is 1. The third kappa shape index (κ3) is 4.75. The summed E-state index contributed by atoms with van der Waals surface area (Å²) in [5, 5.41) is 3.37. The number of nitrogens with one attached hydrogen (secondary N) is 1. The van der Waals surface area contributed by atoms with Crippen LogP contribution >= 0.6 is 39.9 Å². The van der Waals surface area contributed by atoms with E-state index in [1.165, 1.54) is 5.69 Å². The molecule has 3 heterocycles. The fraction of sp³-hybridized carbons (Fsp3) is 0.294. The number of hydrogen-bond acceptors (Lipinski definition) is 2. The number of halogens is 2. The molecule has 3 rings (SSSR count). The Morgan fingerprint density at radius 2 is 2.16 bits per heavy atom. The summed E-state index contributed by atoms with van der Waals surface area (Å²) in [7, 11) is 5.87. The maximum absolute atomic E-state index is 4.60. The minimum absolute atomic E-state index is 0. The minimum atomic E-state index is 0. The average Bonchev–Trinajstić information content (AvgIpc) is 3.10. The predicted octanol–water partition coefficient (Wildman–Crippen LogP) is 3.26. The van der Waals surface area contributed by atoms with E-state index in [0.717, 1.165) is 28.3 Å². The standard InChI is InChI=1S/C17H21BrN6.HI/c1-19-17(23(3)12-15-8-13(18)10-22(15)2)20-9-14-11-24-7-5-4-6-16(24)21-14;/h4-8,10-11H,9,12H2,1-3H3,(H,19,20);1H. The Labute approximate surface area is 173 Å². The Kier molecular flexibility index (Phi) is 6.88. The van der Waals surface area contributed by atoms with E-state index >= 15 is 0 Å². The lowest BCUT2D eigenvalue weighted by Crippen LogP contribution is -2.38. The third-order valence-electron chi connectivity index (χ3n) is 3.89. The van der Waals surface area contributed by atoms with Gasteiger partial charge in [0, 0.05) is 49.9 Å². The summed E-state index contributed by atoms with van der Waals surface area (Å²) in [5.41, 5.74) is 3.14. The lowest BCUT2D eigenvalue weighted by Gasteiger charge is -2.22. The van der Waals surface area contributed by atoms with Crippen molar-refractivity contribution in [2.75, 3.05) is 14.1 Å². The number of rotatable bonds is 4. The highest BCUT2D eigenvalue weighted by Gasteiger charge is 2.10. The van der Waals surface area contributed by atoms with Crippen molar-refractivity contribution < 1.29 is 0 Å². The van der Waals surface area contributed by atoms with Gasteiger partial charge in [-0.2, -0.15) is 0 Å². The molecule has 0 aromatic carbocycles. The van der Waals surface area contributed by atoms with E-state index in [0.29, 0.717) is 6.54 Å². The molecule has 0 amide bonds. The molecule has 6 nitrogen and oxygen atoms in total. The summed E-state index contributed by atoms with van der Waals surface area (Å²) >= 11 is 3.51.